The van der Waals surface area contributed by atoms with Crippen LogP contribution >= 0.6 is 0 Å². The van der Waals surface area contributed by atoms with Crippen LogP contribution in [-0.2, 0) is 20.2 Å². The van der Waals surface area contributed by atoms with Gasteiger partial charge in [-0.25, -0.2) is 0 Å². The Kier molecular flexibility index (Phi) is 5.88. The van der Waals surface area contributed by atoms with E-state index in [1.54, 1.807) is 0 Å². The van der Waals surface area contributed by atoms with Crippen molar-refractivity contribution in [3.05, 3.63) is 48.0 Å². The van der Waals surface area contributed by atoms with Gasteiger partial charge in [0.25, 0.3) is 20.2 Å². The van der Waals surface area contributed by atoms with Crippen molar-refractivity contribution >= 4 is 31.6 Å². The first-order valence-electron chi connectivity index (χ1n) is 7.41. The van der Waals surface area contributed by atoms with Crippen LogP contribution in [0, 0.1) is 0 Å². The smallest absolute Gasteiger partial charge is 0.296 e. The van der Waals surface area contributed by atoms with Crippen LogP contribution in [0.3, 0.4) is 0 Å². The van der Waals surface area contributed by atoms with Gasteiger partial charge in [0, 0.05) is 24.7 Å². The number of anilines is 2. The van der Waals surface area contributed by atoms with Crippen molar-refractivity contribution < 1.29 is 25.9 Å². The molecule has 2 aromatic rings. The van der Waals surface area contributed by atoms with Gasteiger partial charge >= 0.3 is 0 Å². The van der Waals surface area contributed by atoms with Gasteiger partial charge < -0.3 is 16.8 Å². The molecule has 0 amide bonds. The van der Waals surface area contributed by atoms with Gasteiger partial charge in [0.05, 0.1) is 10.6 Å². The van der Waals surface area contributed by atoms with Crippen LogP contribution in [0.2, 0.25) is 0 Å². The van der Waals surface area contributed by atoms with E-state index in [2.05, 4.69) is 5.32 Å². The van der Waals surface area contributed by atoms with Crippen molar-refractivity contribution in [2.24, 2.45) is 5.73 Å². The molecule has 2 aromatic carbocycles. The highest BCUT2D eigenvalue weighted by Gasteiger charge is 2.18. The summed E-state index contributed by atoms with van der Waals surface area (Å²) in [6, 6.07) is 9.56. The van der Waals surface area contributed by atoms with Crippen LogP contribution in [0.25, 0.3) is 0 Å². The topological polar surface area (TPSA) is 173 Å². The van der Waals surface area contributed by atoms with E-state index < -0.39 is 20.2 Å². The monoisotopic (exact) mass is 401 g/mol. The summed E-state index contributed by atoms with van der Waals surface area (Å²) < 4.78 is 63.4. The first-order valence-corrected chi connectivity index (χ1v) is 10.3. The van der Waals surface area contributed by atoms with Gasteiger partial charge in [0.2, 0.25) is 0 Å². The largest absolute Gasteiger partial charge is 0.399 e. The van der Waals surface area contributed by atoms with E-state index in [4.69, 9.17) is 16.0 Å². The third-order valence-corrected chi connectivity index (χ3v) is 5.52. The molecule has 142 valence electrons. The molecule has 7 N–H and O–H groups in total. The highest BCUT2D eigenvalue weighted by Crippen LogP contribution is 2.25. The lowest BCUT2D eigenvalue weighted by Crippen LogP contribution is -2.22. The maximum absolute atomic E-state index is 11.5. The zero-order chi connectivity index (χ0) is 19.5. The predicted molar refractivity (Wildman–Crippen MR) is 97.2 cm³/mol. The second kappa shape index (κ2) is 7.60. The Labute approximate surface area is 151 Å². The number of nitrogens with two attached hydrogens (primary N) is 2. The Hall–Kier alpha value is -2.18. The van der Waals surface area contributed by atoms with Crippen molar-refractivity contribution in [3.63, 3.8) is 0 Å². The van der Waals surface area contributed by atoms with E-state index in [0.29, 0.717) is 5.56 Å². The minimum Gasteiger partial charge on any atom is -0.399 e. The molecule has 0 aliphatic carbocycles. The lowest BCUT2D eigenvalue weighted by Gasteiger charge is -2.18. The molecule has 0 saturated heterocycles. The van der Waals surface area contributed by atoms with Gasteiger partial charge in [0.15, 0.2) is 0 Å². The van der Waals surface area contributed by atoms with Gasteiger partial charge in [-0.05, 0) is 35.9 Å². The fourth-order valence-corrected chi connectivity index (χ4v) is 3.56. The summed E-state index contributed by atoms with van der Waals surface area (Å²) in [5.74, 6) is -0.280. The predicted octanol–water partition coefficient (Wildman–Crippen LogP) is 0.917. The quantitative estimate of drug-likeness (QED) is 0.334. The lowest BCUT2D eigenvalue weighted by atomic mass is 9.99. The van der Waals surface area contributed by atoms with Crippen LogP contribution in [0.15, 0.2) is 52.3 Å². The van der Waals surface area contributed by atoms with E-state index in [9.17, 15) is 21.4 Å². The molecule has 1 atom stereocenters. The Balaban J connectivity index is 2.22. The molecule has 1 unspecified atom stereocenters. The molecule has 0 aromatic heterocycles. The van der Waals surface area contributed by atoms with Crippen molar-refractivity contribution in [2.45, 2.75) is 15.7 Å². The molecular weight excluding hydrogens is 382 g/mol. The van der Waals surface area contributed by atoms with E-state index in [0.717, 1.165) is 6.07 Å². The van der Waals surface area contributed by atoms with Crippen molar-refractivity contribution in [1.82, 2.24) is 0 Å². The summed E-state index contributed by atoms with van der Waals surface area (Å²) in [6.45, 7) is 0.405. The normalized spacial score (nSPS) is 13.3. The Morgan fingerprint density at radius 2 is 1.58 bits per heavy atom. The van der Waals surface area contributed by atoms with E-state index in [-0.39, 0.29) is 40.2 Å². The second-order valence-electron chi connectivity index (χ2n) is 5.59. The van der Waals surface area contributed by atoms with Crippen LogP contribution in [0.5, 0.6) is 0 Å². The molecule has 0 radical (unpaired) electrons. The molecule has 0 aliphatic heterocycles. The summed E-state index contributed by atoms with van der Waals surface area (Å²) in [7, 11) is -8.75. The van der Waals surface area contributed by atoms with Gasteiger partial charge in [-0.3, -0.25) is 9.11 Å². The lowest BCUT2D eigenvalue weighted by molar-refractivity contribution is 0.481. The molecule has 0 bridgehead atoms. The van der Waals surface area contributed by atoms with Gasteiger partial charge in [-0.2, -0.15) is 16.8 Å². The Morgan fingerprint density at radius 1 is 0.962 bits per heavy atom. The summed E-state index contributed by atoms with van der Waals surface area (Å²) in [6.07, 6.45) is 0. The minimum absolute atomic E-state index is 0.162. The zero-order valence-electron chi connectivity index (χ0n) is 13.5. The number of nitrogens with one attached hydrogen (secondary N) is 1. The maximum atomic E-state index is 11.5. The number of hydrogen-bond acceptors (Lipinski definition) is 7. The molecule has 26 heavy (non-hydrogen) atoms. The fraction of sp³-hybridized carbons (Fsp3) is 0.200. The first kappa shape index (κ1) is 20.1. The number of benzene rings is 2. The third-order valence-electron chi connectivity index (χ3n) is 3.76. The summed E-state index contributed by atoms with van der Waals surface area (Å²) in [5, 5.41) is 2.90. The zero-order valence-corrected chi connectivity index (χ0v) is 15.2. The van der Waals surface area contributed by atoms with E-state index >= 15 is 0 Å². The molecule has 2 rings (SSSR count). The highest BCUT2D eigenvalue weighted by molar-refractivity contribution is 7.86. The summed E-state index contributed by atoms with van der Waals surface area (Å²) in [5.41, 5.74) is 12.3. The summed E-state index contributed by atoms with van der Waals surface area (Å²) in [4.78, 5) is -0.591. The number of rotatable bonds is 7. The first-order chi connectivity index (χ1) is 12.0. The average molecular weight is 401 g/mol. The SMILES string of the molecule is NCC(CNc1ccc(N)cc1S(=O)(=O)O)c1ccc(S(=O)(=O)O)cc1. The van der Waals surface area contributed by atoms with Gasteiger partial charge in [-0.15, -0.1) is 0 Å². The number of nitrogen functional groups attached to an aromatic ring is 1. The maximum Gasteiger partial charge on any atom is 0.296 e. The van der Waals surface area contributed by atoms with Crippen LogP contribution in [0.4, 0.5) is 11.4 Å². The molecule has 0 spiro atoms. The van der Waals surface area contributed by atoms with E-state index in [1.807, 2.05) is 0 Å². The fourth-order valence-electron chi connectivity index (χ4n) is 2.38. The van der Waals surface area contributed by atoms with Gasteiger partial charge in [-0.1, -0.05) is 12.1 Å². The molecule has 0 saturated carbocycles. The minimum atomic E-state index is -4.47. The van der Waals surface area contributed by atoms with Crippen LogP contribution in [0.1, 0.15) is 11.5 Å². The second-order valence-corrected chi connectivity index (χ2v) is 8.40. The molecule has 9 nitrogen and oxygen atoms in total. The number of hydrogen-bond donors (Lipinski definition) is 5. The molecule has 0 fully saturated rings. The molecule has 11 heteroatoms. The molecule has 0 heterocycles. The van der Waals surface area contributed by atoms with Crippen LogP contribution in [-0.4, -0.2) is 39.0 Å². The average Bonchev–Trinajstić information content (AvgIpc) is 2.55. The van der Waals surface area contributed by atoms with Crippen molar-refractivity contribution in [3.8, 4) is 0 Å². The Morgan fingerprint density at radius 3 is 2.08 bits per heavy atom. The Bertz CT molecular complexity index is 989. The molecular formula is C15H19N3O6S2. The van der Waals surface area contributed by atoms with Crippen LogP contribution < -0.4 is 16.8 Å². The summed E-state index contributed by atoms with van der Waals surface area (Å²) >= 11 is 0. The van der Waals surface area contributed by atoms with Crippen molar-refractivity contribution in [2.75, 3.05) is 24.1 Å². The third kappa shape index (κ3) is 4.93. The highest BCUT2D eigenvalue weighted by atomic mass is 32.2. The van der Waals surface area contributed by atoms with Gasteiger partial charge in [0.1, 0.15) is 4.90 Å². The van der Waals surface area contributed by atoms with Crippen molar-refractivity contribution in [1.29, 1.82) is 0 Å². The standard InChI is InChI=1S/C15H19N3O6S2/c16-8-11(10-1-4-13(5-2-10)25(19,20)21)9-18-14-6-3-12(17)7-15(14)26(22,23)24/h1-7,11,18H,8-9,16-17H2,(H,19,20,21)(H,22,23,24). The van der Waals surface area contributed by atoms with E-state index in [1.165, 1.54) is 36.4 Å². The molecule has 0 aliphatic rings.